The third-order valence-electron chi connectivity index (χ3n) is 5.99. The molecule has 0 aromatic heterocycles. The van der Waals surface area contributed by atoms with Crippen molar-refractivity contribution in [3.8, 4) is 0 Å². The highest BCUT2D eigenvalue weighted by Gasteiger charge is 2.25. The third kappa shape index (κ3) is 25.1. The third-order valence-corrected chi connectivity index (χ3v) is 6.98. The van der Waals surface area contributed by atoms with Gasteiger partial charge in [-0.05, 0) is 12.8 Å². The molecule has 0 aliphatic heterocycles. The molecule has 9 nitrogen and oxygen atoms in total. The van der Waals surface area contributed by atoms with Crippen molar-refractivity contribution in [1.29, 1.82) is 0 Å². The van der Waals surface area contributed by atoms with E-state index in [1.54, 1.807) is 0 Å². The Hall–Kier alpha value is -0.990. The molecule has 0 saturated carbocycles. The van der Waals surface area contributed by atoms with Crippen LogP contribution in [0, 0.1) is 0 Å². The van der Waals surface area contributed by atoms with Crippen LogP contribution in [0.15, 0.2) is 0 Å². The van der Waals surface area contributed by atoms with E-state index in [0.717, 1.165) is 32.1 Å². The Kier molecular flexibility index (Phi) is 24.6. The monoisotopic (exact) mass is 551 g/mol. The Bertz CT molecular complexity index is 605. The Morgan fingerprint density at radius 2 is 1.16 bits per heavy atom. The first kappa shape index (κ1) is 36.0. The molecule has 3 N–H and O–H groups in total. The largest absolute Gasteiger partial charge is 0.472 e. The molecule has 0 rings (SSSR count). The van der Waals surface area contributed by atoms with E-state index in [1.165, 1.54) is 64.2 Å². The number of rotatable bonds is 27. The molecule has 0 aliphatic carbocycles. The van der Waals surface area contributed by atoms with Crippen LogP contribution in [-0.4, -0.2) is 49.3 Å². The molecule has 0 amide bonds. The van der Waals surface area contributed by atoms with Crippen LogP contribution in [0.4, 0.5) is 0 Å². The maximum absolute atomic E-state index is 12.3. The second-order valence-corrected chi connectivity index (χ2v) is 11.1. The van der Waals surface area contributed by atoms with Crippen LogP contribution in [0.1, 0.15) is 129 Å². The molecule has 10 heteroatoms. The average molecular weight is 552 g/mol. The molecule has 0 aromatic carbocycles. The van der Waals surface area contributed by atoms with Gasteiger partial charge in [-0.15, -0.1) is 0 Å². The number of hydrogen-bond acceptors (Lipinski definition) is 8. The fourth-order valence-electron chi connectivity index (χ4n) is 3.81. The summed E-state index contributed by atoms with van der Waals surface area (Å²) in [6.45, 7) is 3.62. The number of phosphoric acid groups is 1. The van der Waals surface area contributed by atoms with Crippen LogP contribution < -0.4 is 5.73 Å². The minimum atomic E-state index is -4.34. The Morgan fingerprint density at radius 1 is 0.703 bits per heavy atom. The van der Waals surface area contributed by atoms with Crippen molar-refractivity contribution in [2.45, 2.75) is 136 Å². The zero-order valence-corrected chi connectivity index (χ0v) is 24.4. The molecule has 37 heavy (non-hydrogen) atoms. The van der Waals surface area contributed by atoms with Crippen molar-refractivity contribution >= 4 is 19.8 Å². The number of unbranched alkanes of at least 4 members (excludes halogenated alkanes) is 14. The quantitative estimate of drug-likeness (QED) is 0.0658. The predicted molar refractivity (Wildman–Crippen MR) is 146 cm³/mol. The highest BCUT2D eigenvalue weighted by molar-refractivity contribution is 7.47. The van der Waals surface area contributed by atoms with Gasteiger partial charge in [0.15, 0.2) is 6.10 Å². The van der Waals surface area contributed by atoms with Gasteiger partial charge in [0.2, 0.25) is 0 Å². The molecular formula is C27H54NO8P. The van der Waals surface area contributed by atoms with Crippen LogP contribution in [0.25, 0.3) is 0 Å². The van der Waals surface area contributed by atoms with Gasteiger partial charge in [-0.1, -0.05) is 104 Å². The Labute approximate surface area is 225 Å². The summed E-state index contributed by atoms with van der Waals surface area (Å²) >= 11 is 0. The first-order valence-electron chi connectivity index (χ1n) is 14.5. The maximum Gasteiger partial charge on any atom is 0.472 e. The fraction of sp³-hybridized carbons (Fsp3) is 0.926. The summed E-state index contributed by atoms with van der Waals surface area (Å²) in [6.07, 6.45) is 17.3. The van der Waals surface area contributed by atoms with Crippen LogP contribution in [0.5, 0.6) is 0 Å². The Balaban J connectivity index is 4.37. The van der Waals surface area contributed by atoms with E-state index in [0.29, 0.717) is 6.42 Å². The number of carbonyl (C=O) groups is 2. The normalized spacial score (nSPS) is 13.7. The summed E-state index contributed by atoms with van der Waals surface area (Å²) in [6, 6.07) is 0. The predicted octanol–water partition coefficient (Wildman–Crippen LogP) is 6.60. The molecule has 0 fully saturated rings. The second kappa shape index (κ2) is 25.3. The van der Waals surface area contributed by atoms with Gasteiger partial charge in [0.05, 0.1) is 13.2 Å². The molecule has 2 unspecified atom stereocenters. The minimum absolute atomic E-state index is 0.0568. The van der Waals surface area contributed by atoms with E-state index >= 15 is 0 Å². The van der Waals surface area contributed by atoms with Crippen molar-refractivity contribution < 1.29 is 37.6 Å². The highest BCUT2D eigenvalue weighted by Crippen LogP contribution is 2.43. The standard InChI is InChI=1S/C27H54NO8P/c1-3-5-7-9-11-12-14-16-18-20-27(30)36-25(24-35-37(31,32)34-22-21-28)23-33-26(29)19-17-15-13-10-8-6-4-2/h25H,3-24,28H2,1-2H3,(H,31,32). The number of nitrogens with two attached hydrogens (primary N) is 1. The molecule has 0 saturated heterocycles. The van der Waals surface area contributed by atoms with Crippen LogP contribution in [-0.2, 0) is 32.7 Å². The zero-order chi connectivity index (χ0) is 27.6. The summed E-state index contributed by atoms with van der Waals surface area (Å²) in [5.74, 6) is -0.838. The summed E-state index contributed by atoms with van der Waals surface area (Å²) in [4.78, 5) is 34.2. The molecule has 2 atom stereocenters. The van der Waals surface area contributed by atoms with E-state index in [-0.39, 0.29) is 38.6 Å². The van der Waals surface area contributed by atoms with Crippen molar-refractivity contribution in [2.24, 2.45) is 5.73 Å². The lowest BCUT2D eigenvalue weighted by Gasteiger charge is -2.19. The van der Waals surface area contributed by atoms with E-state index in [9.17, 15) is 19.0 Å². The number of ether oxygens (including phenoxy) is 2. The lowest BCUT2D eigenvalue weighted by atomic mass is 10.1. The number of phosphoric ester groups is 1. The van der Waals surface area contributed by atoms with E-state index in [1.807, 2.05) is 0 Å². The number of hydrogen-bond donors (Lipinski definition) is 2. The van der Waals surface area contributed by atoms with Gasteiger partial charge in [0.1, 0.15) is 6.61 Å². The Morgan fingerprint density at radius 3 is 1.65 bits per heavy atom. The number of carbonyl (C=O) groups excluding carboxylic acids is 2. The van der Waals surface area contributed by atoms with Crippen molar-refractivity contribution in [1.82, 2.24) is 0 Å². The van der Waals surface area contributed by atoms with Crippen LogP contribution in [0.2, 0.25) is 0 Å². The van der Waals surface area contributed by atoms with E-state index in [4.69, 9.17) is 24.3 Å². The summed E-state index contributed by atoms with van der Waals surface area (Å²) in [5, 5.41) is 0. The number of esters is 2. The first-order chi connectivity index (χ1) is 17.8. The summed E-state index contributed by atoms with van der Waals surface area (Å²) in [7, 11) is -4.34. The first-order valence-corrected chi connectivity index (χ1v) is 16.0. The van der Waals surface area contributed by atoms with Gasteiger partial charge in [-0.25, -0.2) is 4.57 Å². The van der Waals surface area contributed by atoms with Gasteiger partial charge < -0.3 is 20.1 Å². The van der Waals surface area contributed by atoms with Crippen molar-refractivity contribution in [2.75, 3.05) is 26.4 Å². The lowest BCUT2D eigenvalue weighted by molar-refractivity contribution is -0.161. The molecule has 0 bridgehead atoms. The lowest BCUT2D eigenvalue weighted by Crippen LogP contribution is -2.29. The zero-order valence-electron chi connectivity index (χ0n) is 23.5. The SMILES string of the molecule is CCCCCCCCCCCC(=O)OC(COC(=O)CCCCCCCCC)COP(=O)(O)OCCN. The van der Waals surface area contributed by atoms with E-state index in [2.05, 4.69) is 13.8 Å². The summed E-state index contributed by atoms with van der Waals surface area (Å²) in [5.41, 5.74) is 5.28. The van der Waals surface area contributed by atoms with Gasteiger partial charge in [-0.3, -0.25) is 18.6 Å². The van der Waals surface area contributed by atoms with Gasteiger partial charge >= 0.3 is 19.8 Å². The van der Waals surface area contributed by atoms with Crippen LogP contribution in [0.3, 0.4) is 0 Å². The summed E-state index contributed by atoms with van der Waals surface area (Å²) < 4.78 is 32.2. The molecule has 220 valence electrons. The van der Waals surface area contributed by atoms with Crippen molar-refractivity contribution in [3.63, 3.8) is 0 Å². The van der Waals surface area contributed by atoms with Gasteiger partial charge in [-0.2, -0.15) is 0 Å². The topological polar surface area (TPSA) is 134 Å². The molecule has 0 aromatic rings. The van der Waals surface area contributed by atoms with E-state index < -0.39 is 26.5 Å². The molecule has 0 heterocycles. The fourth-order valence-corrected chi connectivity index (χ4v) is 4.57. The van der Waals surface area contributed by atoms with Crippen molar-refractivity contribution in [3.05, 3.63) is 0 Å². The molecular weight excluding hydrogens is 497 g/mol. The smallest absolute Gasteiger partial charge is 0.462 e. The molecule has 0 aliphatic rings. The second-order valence-electron chi connectivity index (χ2n) is 9.63. The van der Waals surface area contributed by atoms with Crippen LogP contribution >= 0.6 is 7.82 Å². The average Bonchev–Trinajstić information content (AvgIpc) is 2.87. The molecule has 0 spiro atoms. The van der Waals surface area contributed by atoms with Gasteiger partial charge in [0.25, 0.3) is 0 Å². The highest BCUT2D eigenvalue weighted by atomic mass is 31.2. The molecule has 0 radical (unpaired) electrons. The maximum atomic E-state index is 12.3. The van der Waals surface area contributed by atoms with Gasteiger partial charge in [0, 0.05) is 19.4 Å². The minimum Gasteiger partial charge on any atom is -0.462 e.